The van der Waals surface area contributed by atoms with Crippen LogP contribution in [-0.4, -0.2) is 39.7 Å². The Hall–Kier alpha value is -3.20. The smallest absolute Gasteiger partial charge is 0.287 e. The second-order valence-corrected chi connectivity index (χ2v) is 7.40. The topological polar surface area (TPSA) is 117 Å². The quantitative estimate of drug-likeness (QED) is 0.704. The van der Waals surface area contributed by atoms with Gasteiger partial charge >= 0.3 is 0 Å². The van der Waals surface area contributed by atoms with Crippen molar-refractivity contribution in [1.29, 1.82) is 0 Å². The zero-order valence-corrected chi connectivity index (χ0v) is 15.3. The fraction of sp³-hybridized carbons (Fsp3) is 0.167. The van der Waals surface area contributed by atoms with Gasteiger partial charge < -0.3 is 16.0 Å². The lowest BCUT2D eigenvalue weighted by atomic mass is 9.98. The van der Waals surface area contributed by atoms with Crippen LogP contribution in [-0.2, 0) is 19.6 Å². The number of likely N-dealkylation sites (N-methyl/N-ethyl adjacent to an activating group) is 1. The van der Waals surface area contributed by atoms with Gasteiger partial charge in [0.2, 0.25) is 11.7 Å². The third-order valence-corrected chi connectivity index (χ3v) is 5.41. The summed E-state index contributed by atoms with van der Waals surface area (Å²) < 4.78 is 28.0. The maximum Gasteiger partial charge on any atom is 0.287 e. The number of rotatable bonds is 5. The maximum atomic E-state index is 12.4. The summed E-state index contributed by atoms with van der Waals surface area (Å²) >= 11 is 0. The van der Waals surface area contributed by atoms with Crippen molar-refractivity contribution in [3.8, 4) is 0 Å². The van der Waals surface area contributed by atoms with Gasteiger partial charge in [0.15, 0.2) is 0 Å². The van der Waals surface area contributed by atoms with Crippen LogP contribution in [0, 0.1) is 0 Å². The number of hydrogen-bond acceptors (Lipinski definition) is 5. The minimum Gasteiger partial charge on any atom is -0.359 e. The first-order chi connectivity index (χ1) is 12.9. The molecule has 3 N–H and O–H groups in total. The number of anilines is 1. The molecule has 2 aromatic rings. The number of para-hydroxylation sites is 1. The molecule has 0 aliphatic carbocycles. The Bertz CT molecular complexity index is 1000. The minimum absolute atomic E-state index is 0.00840. The fourth-order valence-corrected chi connectivity index (χ4v) is 3.83. The van der Waals surface area contributed by atoms with Crippen molar-refractivity contribution < 1.29 is 18.0 Å². The first kappa shape index (κ1) is 18.6. The van der Waals surface area contributed by atoms with Gasteiger partial charge in [-0.3, -0.25) is 9.59 Å². The Morgan fingerprint density at radius 1 is 1.07 bits per heavy atom. The second kappa shape index (κ2) is 7.58. The van der Waals surface area contributed by atoms with E-state index >= 15 is 0 Å². The number of benzene rings is 2. The number of nitrogens with zero attached hydrogens (tertiary/aromatic N) is 1. The summed E-state index contributed by atoms with van der Waals surface area (Å²) in [6.45, 7) is -0.00901. The van der Waals surface area contributed by atoms with E-state index in [1.54, 1.807) is 42.5 Å². The summed E-state index contributed by atoms with van der Waals surface area (Å²) in [5.41, 5.74) is 1.01. The second-order valence-electron chi connectivity index (χ2n) is 5.82. The number of fused-ring (bicyclic) bond motifs is 1. The van der Waals surface area contributed by atoms with Gasteiger partial charge in [0.25, 0.3) is 15.9 Å². The van der Waals surface area contributed by atoms with Gasteiger partial charge in [-0.25, -0.2) is 0 Å². The molecule has 1 heterocycles. The Kier molecular flexibility index (Phi) is 5.22. The van der Waals surface area contributed by atoms with Gasteiger partial charge in [0, 0.05) is 13.6 Å². The lowest BCUT2D eigenvalue weighted by molar-refractivity contribution is -0.122. The summed E-state index contributed by atoms with van der Waals surface area (Å²) in [5.74, 6) is -1.93. The molecule has 1 aliphatic heterocycles. The van der Waals surface area contributed by atoms with Crippen LogP contribution in [0.25, 0.3) is 0 Å². The number of carbonyl (C=O) groups is 2. The summed E-state index contributed by atoms with van der Waals surface area (Å²) in [6, 6.07) is 15.2. The molecule has 8 nitrogen and oxygen atoms in total. The monoisotopic (exact) mass is 386 g/mol. The molecule has 0 radical (unpaired) electrons. The van der Waals surface area contributed by atoms with Gasteiger partial charge in [-0.2, -0.15) is 8.42 Å². The van der Waals surface area contributed by atoms with Crippen molar-refractivity contribution in [1.82, 2.24) is 10.6 Å². The highest BCUT2D eigenvalue weighted by atomic mass is 32.2. The SMILES string of the molecule is CNC(=O)C(CNC(=O)C1=NS(=O)(=O)c2ccccc2N1)c1ccccc1. The van der Waals surface area contributed by atoms with Crippen LogP contribution in [0.15, 0.2) is 63.9 Å². The zero-order valence-electron chi connectivity index (χ0n) is 14.5. The summed E-state index contributed by atoms with van der Waals surface area (Å²) in [5, 5.41) is 7.86. The Morgan fingerprint density at radius 2 is 1.74 bits per heavy atom. The molecule has 1 unspecified atom stereocenters. The number of hydrogen-bond donors (Lipinski definition) is 3. The van der Waals surface area contributed by atoms with Gasteiger partial charge in [0.1, 0.15) is 4.90 Å². The number of amidine groups is 1. The largest absolute Gasteiger partial charge is 0.359 e. The molecule has 0 spiro atoms. The van der Waals surface area contributed by atoms with Crippen molar-refractivity contribution >= 4 is 33.4 Å². The molecule has 0 saturated carbocycles. The number of amides is 2. The average Bonchev–Trinajstić information content (AvgIpc) is 2.68. The molecule has 9 heteroatoms. The van der Waals surface area contributed by atoms with Crippen molar-refractivity contribution in [2.45, 2.75) is 10.8 Å². The van der Waals surface area contributed by atoms with Gasteiger partial charge in [0.05, 0.1) is 11.6 Å². The molecule has 27 heavy (non-hydrogen) atoms. The molecule has 140 valence electrons. The molecule has 2 amide bonds. The number of carbonyl (C=O) groups excluding carboxylic acids is 2. The van der Waals surface area contributed by atoms with E-state index in [9.17, 15) is 18.0 Å². The van der Waals surface area contributed by atoms with Gasteiger partial charge in [-0.15, -0.1) is 4.40 Å². The van der Waals surface area contributed by atoms with Crippen LogP contribution in [0.5, 0.6) is 0 Å². The van der Waals surface area contributed by atoms with Gasteiger partial charge in [-0.05, 0) is 17.7 Å². The summed E-state index contributed by atoms with van der Waals surface area (Å²) in [6.07, 6.45) is 0. The van der Waals surface area contributed by atoms with Crippen LogP contribution in [0.2, 0.25) is 0 Å². The average molecular weight is 386 g/mol. The van der Waals surface area contributed by atoms with Crippen LogP contribution in [0.4, 0.5) is 5.69 Å². The van der Waals surface area contributed by atoms with Crippen LogP contribution in [0.3, 0.4) is 0 Å². The summed E-state index contributed by atoms with van der Waals surface area (Å²) in [7, 11) is -2.45. The highest BCUT2D eigenvalue weighted by molar-refractivity contribution is 7.90. The van der Waals surface area contributed by atoms with Crippen LogP contribution >= 0.6 is 0 Å². The molecular weight excluding hydrogens is 368 g/mol. The van der Waals surface area contributed by atoms with Crippen molar-refractivity contribution in [2.75, 3.05) is 18.9 Å². The zero-order chi connectivity index (χ0) is 19.4. The Labute approximate surface area is 156 Å². The Morgan fingerprint density at radius 3 is 2.44 bits per heavy atom. The molecule has 0 fully saturated rings. The van der Waals surface area contributed by atoms with E-state index in [0.717, 1.165) is 5.56 Å². The molecule has 3 rings (SSSR count). The highest BCUT2D eigenvalue weighted by Gasteiger charge is 2.28. The van der Waals surface area contributed by atoms with E-state index < -0.39 is 21.8 Å². The molecule has 1 atom stereocenters. The highest BCUT2D eigenvalue weighted by Crippen LogP contribution is 2.26. The molecule has 1 aliphatic rings. The van der Waals surface area contributed by atoms with Crippen molar-refractivity contribution in [2.24, 2.45) is 4.40 Å². The van der Waals surface area contributed by atoms with E-state index in [1.165, 1.54) is 13.1 Å². The third kappa shape index (κ3) is 3.98. The van der Waals surface area contributed by atoms with E-state index in [1.807, 2.05) is 6.07 Å². The molecular formula is C18H18N4O4S. The lowest BCUT2D eigenvalue weighted by Gasteiger charge is -2.19. The fourth-order valence-electron chi connectivity index (χ4n) is 2.71. The Balaban J connectivity index is 1.77. The number of nitrogens with one attached hydrogen (secondary N) is 3. The molecule has 0 aromatic heterocycles. The molecule has 0 bridgehead atoms. The molecule has 0 saturated heterocycles. The first-order valence-electron chi connectivity index (χ1n) is 8.18. The normalized spacial score (nSPS) is 15.5. The third-order valence-electron chi connectivity index (χ3n) is 4.08. The standard InChI is InChI=1S/C18H18N4O4S/c1-19-17(23)13(12-7-3-2-4-8-12)11-20-18(24)16-21-14-9-5-6-10-15(14)27(25,26)22-16/h2-10,13H,11H2,1H3,(H,19,23)(H,20,24)(H,21,22). The predicted molar refractivity (Wildman–Crippen MR) is 101 cm³/mol. The van der Waals surface area contributed by atoms with E-state index in [4.69, 9.17) is 0 Å². The van der Waals surface area contributed by atoms with Crippen molar-refractivity contribution in [3.05, 3.63) is 60.2 Å². The lowest BCUT2D eigenvalue weighted by Crippen LogP contribution is -2.42. The van der Waals surface area contributed by atoms with E-state index in [2.05, 4.69) is 20.3 Å². The summed E-state index contributed by atoms with van der Waals surface area (Å²) in [4.78, 5) is 24.6. The van der Waals surface area contributed by atoms with Crippen LogP contribution in [0.1, 0.15) is 11.5 Å². The predicted octanol–water partition coefficient (Wildman–Crippen LogP) is 0.845. The van der Waals surface area contributed by atoms with E-state index in [0.29, 0.717) is 0 Å². The maximum absolute atomic E-state index is 12.4. The van der Waals surface area contributed by atoms with Crippen LogP contribution < -0.4 is 16.0 Å². The molecule has 2 aromatic carbocycles. The first-order valence-corrected chi connectivity index (χ1v) is 9.62. The van der Waals surface area contributed by atoms with Crippen molar-refractivity contribution in [3.63, 3.8) is 0 Å². The number of sulfonamides is 1. The van der Waals surface area contributed by atoms with Gasteiger partial charge in [-0.1, -0.05) is 42.5 Å². The minimum atomic E-state index is -3.96. The van der Waals surface area contributed by atoms with E-state index in [-0.39, 0.29) is 28.9 Å².